The molecule has 2 nitrogen and oxygen atoms in total. The van der Waals surface area contributed by atoms with Crippen LogP contribution >= 0.6 is 0 Å². The van der Waals surface area contributed by atoms with Crippen molar-refractivity contribution in [2.75, 3.05) is 0 Å². The van der Waals surface area contributed by atoms with Gasteiger partial charge in [-0.3, -0.25) is 4.79 Å². The molecule has 2 aliphatic rings. The second-order valence-corrected chi connectivity index (χ2v) is 3.67. The minimum Gasteiger partial charge on any atom is -0.487 e. The molecule has 0 atom stereocenters. The van der Waals surface area contributed by atoms with Crippen molar-refractivity contribution in [2.24, 2.45) is 0 Å². The number of hydrogen-bond donors (Lipinski definition) is 0. The van der Waals surface area contributed by atoms with Crippen molar-refractivity contribution >= 4 is 5.78 Å². The predicted octanol–water partition coefficient (Wildman–Crippen LogP) is 2.19. The zero-order valence-electron chi connectivity index (χ0n) is 7.21. The number of ether oxygens (including phenoxy) is 1. The normalized spacial score (nSPS) is 27.2. The van der Waals surface area contributed by atoms with Gasteiger partial charge in [-0.05, 0) is 31.8 Å². The summed E-state index contributed by atoms with van der Waals surface area (Å²) in [6.07, 6.45) is 9.46. The molecular weight excluding hydrogens is 152 g/mol. The second kappa shape index (κ2) is 2.92. The first-order chi connectivity index (χ1) is 5.83. The zero-order chi connectivity index (χ0) is 8.44. The molecule has 0 unspecified atom stereocenters. The molecule has 0 amide bonds. The van der Waals surface area contributed by atoms with Crippen molar-refractivity contribution in [1.82, 2.24) is 0 Å². The molecule has 0 aromatic heterocycles. The van der Waals surface area contributed by atoms with Gasteiger partial charge in [-0.2, -0.15) is 0 Å². The van der Waals surface area contributed by atoms with Crippen LogP contribution in [0.3, 0.4) is 0 Å². The first kappa shape index (κ1) is 7.84. The number of rotatable bonds is 0. The Balaban J connectivity index is 2.16. The summed E-state index contributed by atoms with van der Waals surface area (Å²) < 4.78 is 5.49. The van der Waals surface area contributed by atoms with Gasteiger partial charge in [0, 0.05) is 6.42 Å². The van der Waals surface area contributed by atoms with Crippen LogP contribution in [0.15, 0.2) is 12.3 Å². The van der Waals surface area contributed by atoms with Crippen LogP contribution in [0.25, 0.3) is 0 Å². The lowest BCUT2D eigenvalue weighted by atomic mass is 9.80. The Hall–Kier alpha value is -0.790. The van der Waals surface area contributed by atoms with Crippen LogP contribution in [0.1, 0.15) is 38.5 Å². The molecule has 66 valence electrons. The maximum atomic E-state index is 11.6. The van der Waals surface area contributed by atoms with Crippen LogP contribution < -0.4 is 0 Å². The van der Waals surface area contributed by atoms with E-state index >= 15 is 0 Å². The first-order valence-corrected chi connectivity index (χ1v) is 4.70. The van der Waals surface area contributed by atoms with Crippen LogP contribution in [0, 0.1) is 0 Å². The molecule has 1 heterocycles. The second-order valence-electron chi connectivity index (χ2n) is 3.67. The van der Waals surface area contributed by atoms with Gasteiger partial charge in [0.15, 0.2) is 11.4 Å². The Kier molecular flexibility index (Phi) is 1.91. The third-order valence-corrected chi connectivity index (χ3v) is 2.86. The molecule has 12 heavy (non-hydrogen) atoms. The van der Waals surface area contributed by atoms with E-state index in [1.54, 1.807) is 6.26 Å². The average Bonchev–Trinajstić information content (AvgIpc) is 2.12. The van der Waals surface area contributed by atoms with Gasteiger partial charge in [-0.25, -0.2) is 0 Å². The van der Waals surface area contributed by atoms with Crippen LogP contribution in [0.2, 0.25) is 0 Å². The molecule has 0 saturated heterocycles. The van der Waals surface area contributed by atoms with Crippen molar-refractivity contribution < 1.29 is 9.53 Å². The fourth-order valence-electron chi connectivity index (χ4n) is 2.10. The molecule has 1 fully saturated rings. The summed E-state index contributed by atoms with van der Waals surface area (Å²) in [5, 5.41) is 0. The van der Waals surface area contributed by atoms with E-state index in [0.717, 1.165) is 25.7 Å². The third-order valence-electron chi connectivity index (χ3n) is 2.86. The molecular formula is C10H14O2. The fourth-order valence-corrected chi connectivity index (χ4v) is 2.10. The highest BCUT2D eigenvalue weighted by Crippen LogP contribution is 2.35. The smallest absolute Gasteiger partial charge is 0.180 e. The predicted molar refractivity (Wildman–Crippen MR) is 45.7 cm³/mol. The highest BCUT2D eigenvalue weighted by molar-refractivity contribution is 5.89. The van der Waals surface area contributed by atoms with Crippen LogP contribution in [0.4, 0.5) is 0 Å². The third kappa shape index (κ3) is 1.15. The summed E-state index contributed by atoms with van der Waals surface area (Å²) in [5.41, 5.74) is -0.410. The van der Waals surface area contributed by atoms with E-state index < -0.39 is 5.60 Å². The van der Waals surface area contributed by atoms with Crippen LogP contribution in [-0.4, -0.2) is 11.4 Å². The minimum absolute atomic E-state index is 0.282. The van der Waals surface area contributed by atoms with Gasteiger partial charge in [0.25, 0.3) is 0 Å². The Morgan fingerprint density at radius 3 is 2.67 bits per heavy atom. The van der Waals surface area contributed by atoms with E-state index in [4.69, 9.17) is 4.74 Å². The van der Waals surface area contributed by atoms with Crippen LogP contribution in [-0.2, 0) is 9.53 Å². The Morgan fingerprint density at radius 1 is 1.25 bits per heavy atom. The van der Waals surface area contributed by atoms with Gasteiger partial charge in [-0.15, -0.1) is 0 Å². The van der Waals surface area contributed by atoms with Gasteiger partial charge in [0.2, 0.25) is 0 Å². The fraction of sp³-hybridized carbons (Fsp3) is 0.700. The Morgan fingerprint density at radius 2 is 2.00 bits per heavy atom. The monoisotopic (exact) mass is 166 g/mol. The quantitative estimate of drug-likeness (QED) is 0.551. The van der Waals surface area contributed by atoms with Crippen molar-refractivity contribution in [1.29, 1.82) is 0 Å². The summed E-state index contributed by atoms with van der Waals surface area (Å²) in [7, 11) is 0. The van der Waals surface area contributed by atoms with E-state index in [2.05, 4.69) is 0 Å². The van der Waals surface area contributed by atoms with Crippen molar-refractivity contribution in [2.45, 2.75) is 44.1 Å². The molecule has 0 aromatic carbocycles. The highest BCUT2D eigenvalue weighted by atomic mass is 16.5. The maximum Gasteiger partial charge on any atom is 0.180 e. The molecule has 2 rings (SSSR count). The molecule has 1 aliphatic heterocycles. The van der Waals surface area contributed by atoms with Gasteiger partial charge in [0.05, 0.1) is 6.26 Å². The largest absolute Gasteiger partial charge is 0.487 e. The topological polar surface area (TPSA) is 26.3 Å². The lowest BCUT2D eigenvalue weighted by Gasteiger charge is -2.36. The van der Waals surface area contributed by atoms with Crippen LogP contribution in [0.5, 0.6) is 0 Å². The summed E-state index contributed by atoms with van der Waals surface area (Å²) >= 11 is 0. The lowest BCUT2D eigenvalue weighted by Crippen LogP contribution is -2.43. The standard InChI is InChI=1S/C10H14O2/c11-9-5-4-8-12-10(9)6-2-1-3-7-10/h4,8H,1-3,5-7H2. The number of hydrogen-bond acceptors (Lipinski definition) is 2. The van der Waals surface area contributed by atoms with Crippen molar-refractivity contribution in [3.05, 3.63) is 12.3 Å². The Labute approximate surface area is 72.6 Å². The SMILES string of the molecule is O=C1CC=COC12CCCCC2. The average molecular weight is 166 g/mol. The zero-order valence-corrected chi connectivity index (χ0v) is 7.21. The number of carbonyl (C=O) groups excluding carboxylic acids is 1. The molecule has 1 spiro atoms. The van der Waals surface area contributed by atoms with Crippen molar-refractivity contribution in [3.63, 3.8) is 0 Å². The Bertz CT molecular complexity index is 212. The highest BCUT2D eigenvalue weighted by Gasteiger charge is 2.41. The van der Waals surface area contributed by atoms with E-state index in [1.165, 1.54) is 6.42 Å². The van der Waals surface area contributed by atoms with E-state index in [-0.39, 0.29) is 5.78 Å². The maximum absolute atomic E-state index is 11.6. The van der Waals surface area contributed by atoms with Gasteiger partial charge in [0.1, 0.15) is 0 Å². The number of allylic oxidation sites excluding steroid dienone is 1. The molecule has 1 saturated carbocycles. The number of ketones is 1. The molecule has 0 radical (unpaired) electrons. The first-order valence-electron chi connectivity index (χ1n) is 4.70. The van der Waals surface area contributed by atoms with Gasteiger partial charge >= 0.3 is 0 Å². The van der Waals surface area contributed by atoms with Gasteiger partial charge < -0.3 is 4.74 Å². The minimum atomic E-state index is -0.410. The van der Waals surface area contributed by atoms with Gasteiger partial charge in [-0.1, -0.05) is 6.42 Å². The summed E-state index contributed by atoms with van der Waals surface area (Å²) in [4.78, 5) is 11.6. The van der Waals surface area contributed by atoms with E-state index in [0.29, 0.717) is 6.42 Å². The molecule has 0 aromatic rings. The molecule has 0 N–H and O–H groups in total. The van der Waals surface area contributed by atoms with Crippen molar-refractivity contribution in [3.8, 4) is 0 Å². The molecule has 0 bridgehead atoms. The number of carbonyl (C=O) groups is 1. The molecule has 1 aliphatic carbocycles. The lowest BCUT2D eigenvalue weighted by molar-refractivity contribution is -0.142. The molecule has 2 heteroatoms. The van der Waals surface area contributed by atoms with E-state index in [1.807, 2.05) is 6.08 Å². The summed E-state index contributed by atoms with van der Waals surface area (Å²) in [5.74, 6) is 0.282. The summed E-state index contributed by atoms with van der Waals surface area (Å²) in [6, 6.07) is 0. The van der Waals surface area contributed by atoms with E-state index in [9.17, 15) is 4.79 Å². The summed E-state index contributed by atoms with van der Waals surface area (Å²) in [6.45, 7) is 0. The number of Topliss-reactive ketones (excluding diaryl/α,β-unsaturated/α-hetero) is 1.